The number of sulfonamides is 1. The van der Waals surface area contributed by atoms with Crippen LogP contribution in [0.25, 0.3) is 0 Å². The maximum Gasteiger partial charge on any atom is 0.338 e. The number of carbonyl (C=O) groups is 2. The molecule has 0 saturated heterocycles. The van der Waals surface area contributed by atoms with Crippen molar-refractivity contribution in [3.05, 3.63) is 54.1 Å². The highest BCUT2D eigenvalue weighted by Gasteiger charge is 2.27. The smallest absolute Gasteiger partial charge is 0.338 e. The van der Waals surface area contributed by atoms with Gasteiger partial charge in [0.25, 0.3) is 0 Å². The van der Waals surface area contributed by atoms with Crippen molar-refractivity contribution in [1.82, 2.24) is 4.31 Å². The molecule has 0 amide bonds. The number of anilines is 1. The van der Waals surface area contributed by atoms with Gasteiger partial charge >= 0.3 is 5.97 Å². The number of nitrogens with zero attached hydrogens (tertiary/aromatic N) is 2. The standard InChI is InChI=1S/C25H33N3O7S/c1-5-28(6-2)36(31,32)20-13-14-23(33-4)21(15-20)26-18-27-24(25(30)35-7-3)22(29)17-34-16-19-11-9-8-10-12-19/h8-15,18,24H,5-7,16-17H2,1-4H3,(H,26,27). The summed E-state index contributed by atoms with van der Waals surface area (Å²) in [5.74, 6) is -1.04. The van der Waals surface area contributed by atoms with Crippen LogP contribution in [-0.4, -0.2) is 70.3 Å². The van der Waals surface area contributed by atoms with Gasteiger partial charge in [-0.3, -0.25) is 9.79 Å². The van der Waals surface area contributed by atoms with Crippen molar-refractivity contribution >= 4 is 33.8 Å². The summed E-state index contributed by atoms with van der Waals surface area (Å²) in [5, 5.41) is 2.82. The minimum absolute atomic E-state index is 0.0650. The van der Waals surface area contributed by atoms with Gasteiger partial charge in [0.2, 0.25) is 16.1 Å². The predicted molar refractivity (Wildman–Crippen MR) is 137 cm³/mol. The third kappa shape index (κ3) is 7.87. The molecule has 2 rings (SSSR count). The second kappa shape index (κ2) is 14.3. The Morgan fingerprint density at radius 2 is 1.78 bits per heavy atom. The van der Waals surface area contributed by atoms with E-state index in [0.717, 1.165) is 11.9 Å². The molecule has 0 saturated carbocycles. The highest BCUT2D eigenvalue weighted by Crippen LogP contribution is 2.28. The second-order valence-corrected chi connectivity index (χ2v) is 9.41. The maximum absolute atomic E-state index is 12.9. The number of esters is 1. The first-order valence-corrected chi connectivity index (χ1v) is 13.0. The van der Waals surface area contributed by atoms with Crippen LogP contribution in [0.4, 0.5) is 5.69 Å². The fourth-order valence-electron chi connectivity index (χ4n) is 3.27. The van der Waals surface area contributed by atoms with Gasteiger partial charge in [0.1, 0.15) is 12.4 Å². The Labute approximate surface area is 212 Å². The fourth-order valence-corrected chi connectivity index (χ4v) is 4.76. The molecule has 1 unspecified atom stereocenters. The summed E-state index contributed by atoms with van der Waals surface area (Å²) in [6.45, 7) is 5.73. The number of ketones is 1. The van der Waals surface area contributed by atoms with Crippen LogP contribution in [0.2, 0.25) is 0 Å². The van der Waals surface area contributed by atoms with Gasteiger partial charge in [0.05, 0.1) is 37.2 Å². The number of aliphatic imine (C=N–C) groups is 1. The van der Waals surface area contributed by atoms with Crippen molar-refractivity contribution in [2.75, 3.05) is 38.7 Å². The van der Waals surface area contributed by atoms with E-state index in [2.05, 4.69) is 10.3 Å². The first-order chi connectivity index (χ1) is 17.3. The molecule has 0 bridgehead atoms. The molecule has 0 aliphatic heterocycles. The van der Waals surface area contributed by atoms with E-state index in [1.54, 1.807) is 20.8 Å². The van der Waals surface area contributed by atoms with Crippen LogP contribution < -0.4 is 10.1 Å². The van der Waals surface area contributed by atoms with E-state index in [9.17, 15) is 18.0 Å². The van der Waals surface area contributed by atoms with Gasteiger partial charge in [0, 0.05) is 13.1 Å². The highest BCUT2D eigenvalue weighted by molar-refractivity contribution is 7.89. The van der Waals surface area contributed by atoms with Crippen molar-refractivity contribution in [3.63, 3.8) is 0 Å². The lowest BCUT2D eigenvalue weighted by Crippen LogP contribution is -2.33. The highest BCUT2D eigenvalue weighted by atomic mass is 32.2. The lowest BCUT2D eigenvalue weighted by molar-refractivity contribution is -0.148. The number of nitrogens with one attached hydrogen (secondary N) is 1. The zero-order valence-electron chi connectivity index (χ0n) is 21.0. The topological polar surface area (TPSA) is 124 Å². The van der Waals surface area contributed by atoms with Crippen LogP contribution >= 0.6 is 0 Å². The molecule has 2 aromatic rings. The molecule has 11 heteroatoms. The van der Waals surface area contributed by atoms with Crippen LogP contribution in [-0.2, 0) is 35.7 Å². The normalized spacial score (nSPS) is 12.5. The Morgan fingerprint density at radius 3 is 2.39 bits per heavy atom. The molecule has 0 aliphatic carbocycles. The minimum Gasteiger partial charge on any atom is -0.495 e. The number of hydrogen-bond acceptors (Lipinski definition) is 8. The Hall–Kier alpha value is -3.28. The van der Waals surface area contributed by atoms with Crippen molar-refractivity contribution in [1.29, 1.82) is 0 Å². The number of Topliss-reactive ketones (excluding diaryl/α,β-unsaturated/α-hetero) is 1. The van der Waals surface area contributed by atoms with Gasteiger partial charge < -0.3 is 19.5 Å². The van der Waals surface area contributed by atoms with E-state index in [-0.39, 0.29) is 24.7 Å². The van der Waals surface area contributed by atoms with Crippen LogP contribution in [0, 0.1) is 0 Å². The molecule has 0 aromatic heterocycles. The van der Waals surface area contributed by atoms with Crippen LogP contribution in [0.3, 0.4) is 0 Å². The van der Waals surface area contributed by atoms with Gasteiger partial charge in [-0.2, -0.15) is 4.31 Å². The molecule has 0 aliphatic rings. The van der Waals surface area contributed by atoms with Gasteiger partial charge in [-0.05, 0) is 30.7 Å². The average Bonchev–Trinajstić information content (AvgIpc) is 2.87. The summed E-state index contributed by atoms with van der Waals surface area (Å²) in [5.41, 5.74) is 1.18. The molecule has 196 valence electrons. The molecule has 1 atom stereocenters. The Bertz CT molecular complexity index is 1130. The second-order valence-electron chi connectivity index (χ2n) is 7.47. The molecular formula is C25H33N3O7S. The number of ether oxygens (including phenoxy) is 3. The number of benzene rings is 2. The molecule has 36 heavy (non-hydrogen) atoms. The maximum atomic E-state index is 12.9. The fraction of sp³-hybridized carbons (Fsp3) is 0.400. The first-order valence-electron chi connectivity index (χ1n) is 11.6. The molecule has 1 N–H and O–H groups in total. The van der Waals surface area contributed by atoms with Crippen molar-refractivity contribution < 1.29 is 32.2 Å². The average molecular weight is 520 g/mol. The molecule has 0 spiro atoms. The van der Waals surface area contributed by atoms with E-state index in [1.807, 2.05) is 30.3 Å². The molecule has 0 fully saturated rings. The lowest BCUT2D eigenvalue weighted by atomic mass is 10.2. The van der Waals surface area contributed by atoms with E-state index < -0.39 is 27.8 Å². The molecule has 2 aromatic carbocycles. The van der Waals surface area contributed by atoms with Gasteiger partial charge in [-0.25, -0.2) is 13.2 Å². The van der Waals surface area contributed by atoms with Gasteiger partial charge in [0.15, 0.2) is 5.78 Å². The summed E-state index contributed by atoms with van der Waals surface area (Å²) < 4.78 is 42.8. The monoisotopic (exact) mass is 519 g/mol. The summed E-state index contributed by atoms with van der Waals surface area (Å²) in [4.78, 5) is 29.1. The molecule has 10 nitrogen and oxygen atoms in total. The van der Waals surface area contributed by atoms with Crippen LogP contribution in [0.5, 0.6) is 5.75 Å². The lowest BCUT2D eigenvalue weighted by Gasteiger charge is -2.19. The van der Waals surface area contributed by atoms with E-state index >= 15 is 0 Å². The number of rotatable bonds is 15. The first kappa shape index (κ1) is 29.0. The summed E-state index contributed by atoms with van der Waals surface area (Å²) >= 11 is 0. The van der Waals surface area contributed by atoms with Crippen molar-refractivity contribution in [3.8, 4) is 5.75 Å². The summed E-state index contributed by atoms with van der Waals surface area (Å²) in [6, 6.07) is 12.2. The quantitative estimate of drug-likeness (QED) is 0.165. The Balaban J connectivity index is 2.18. The summed E-state index contributed by atoms with van der Waals surface area (Å²) in [7, 11) is -2.27. The van der Waals surface area contributed by atoms with E-state index in [4.69, 9.17) is 14.2 Å². The van der Waals surface area contributed by atoms with E-state index in [1.165, 1.54) is 29.6 Å². The number of methoxy groups -OCH3 is 1. The molecular weight excluding hydrogens is 486 g/mol. The zero-order valence-corrected chi connectivity index (χ0v) is 21.8. The van der Waals surface area contributed by atoms with Crippen LogP contribution in [0.15, 0.2) is 58.4 Å². The predicted octanol–water partition coefficient (Wildman–Crippen LogP) is 2.88. The molecule has 0 radical (unpaired) electrons. The SMILES string of the molecule is CCOC(=O)C(N=CNc1cc(S(=O)(=O)N(CC)CC)ccc1OC)C(=O)COCc1ccccc1. The number of hydrogen-bond donors (Lipinski definition) is 1. The third-order valence-electron chi connectivity index (χ3n) is 5.13. The van der Waals surface area contributed by atoms with Crippen molar-refractivity contribution in [2.24, 2.45) is 4.99 Å². The van der Waals surface area contributed by atoms with Gasteiger partial charge in [-0.1, -0.05) is 44.2 Å². The third-order valence-corrected chi connectivity index (χ3v) is 7.17. The van der Waals surface area contributed by atoms with Gasteiger partial charge in [-0.15, -0.1) is 0 Å². The van der Waals surface area contributed by atoms with Crippen LogP contribution in [0.1, 0.15) is 26.3 Å². The number of carbonyl (C=O) groups excluding carboxylic acids is 2. The molecule has 0 heterocycles. The Kier molecular flexibility index (Phi) is 11.5. The minimum atomic E-state index is -3.71. The Morgan fingerprint density at radius 1 is 1.08 bits per heavy atom. The zero-order chi connectivity index (χ0) is 26.6. The largest absolute Gasteiger partial charge is 0.495 e. The van der Waals surface area contributed by atoms with E-state index in [0.29, 0.717) is 24.5 Å². The van der Waals surface area contributed by atoms with Crippen molar-refractivity contribution in [2.45, 2.75) is 38.3 Å². The summed E-state index contributed by atoms with van der Waals surface area (Å²) in [6.07, 6.45) is 1.14.